The number of piperazine rings is 1. The molecule has 0 unspecified atom stereocenters. The van der Waals surface area contributed by atoms with Crippen molar-refractivity contribution in [3.63, 3.8) is 0 Å². The molecule has 0 bridgehead atoms. The summed E-state index contributed by atoms with van der Waals surface area (Å²) in [7, 11) is 4.06. The number of carbonyl (C=O) groups is 1. The highest BCUT2D eigenvalue weighted by Gasteiger charge is 2.38. The maximum Gasteiger partial charge on any atom is 0.236 e. The quantitative estimate of drug-likeness (QED) is 0.763. The van der Waals surface area contributed by atoms with Crippen molar-refractivity contribution in [3.8, 4) is 0 Å². The lowest BCUT2D eigenvalue weighted by Crippen LogP contribution is -2.52. The summed E-state index contributed by atoms with van der Waals surface area (Å²) in [6.45, 7) is 6.08. The van der Waals surface area contributed by atoms with Crippen molar-refractivity contribution in [1.82, 2.24) is 24.6 Å². The lowest BCUT2D eigenvalue weighted by atomic mass is 10.1. The smallest absolute Gasteiger partial charge is 0.236 e. The van der Waals surface area contributed by atoms with Gasteiger partial charge in [-0.25, -0.2) is 0 Å². The van der Waals surface area contributed by atoms with Crippen molar-refractivity contribution < 1.29 is 9.90 Å². The zero-order chi connectivity index (χ0) is 17.8. The van der Waals surface area contributed by atoms with Crippen LogP contribution in [0, 0.1) is 0 Å². The van der Waals surface area contributed by atoms with Gasteiger partial charge in [-0.15, -0.1) is 0 Å². The molecule has 1 aromatic heterocycles. The Bertz CT molecular complexity index is 562. The Morgan fingerprint density at radius 2 is 2.08 bits per heavy atom. The number of pyridine rings is 1. The molecule has 2 aliphatic heterocycles. The maximum absolute atomic E-state index is 12.6. The maximum atomic E-state index is 12.6. The van der Waals surface area contributed by atoms with E-state index in [1.807, 2.05) is 35.2 Å². The van der Waals surface area contributed by atoms with Gasteiger partial charge in [-0.2, -0.15) is 0 Å². The van der Waals surface area contributed by atoms with E-state index in [9.17, 15) is 9.90 Å². The molecule has 25 heavy (non-hydrogen) atoms. The summed E-state index contributed by atoms with van der Waals surface area (Å²) in [5, 5.41) is 10.4. The normalized spacial score (nSPS) is 25.7. The highest BCUT2D eigenvalue weighted by atomic mass is 16.3. The van der Waals surface area contributed by atoms with E-state index in [0.717, 1.165) is 31.7 Å². The number of aromatic nitrogens is 1. The molecule has 3 rings (SSSR count). The van der Waals surface area contributed by atoms with Gasteiger partial charge in [0.25, 0.3) is 0 Å². The van der Waals surface area contributed by atoms with Crippen LogP contribution in [0.1, 0.15) is 5.56 Å². The number of β-amino-alcohol motifs (C(OH)–C–C–N with tert-alkyl or cyclic N) is 1. The molecule has 0 saturated carbocycles. The fraction of sp³-hybridized carbons (Fsp3) is 0.667. The van der Waals surface area contributed by atoms with Gasteiger partial charge < -0.3 is 14.9 Å². The fourth-order valence-electron chi connectivity index (χ4n) is 3.68. The summed E-state index contributed by atoms with van der Waals surface area (Å²) >= 11 is 0. The van der Waals surface area contributed by atoms with Crippen molar-refractivity contribution in [1.29, 1.82) is 0 Å². The highest BCUT2D eigenvalue weighted by molar-refractivity contribution is 5.78. The van der Waals surface area contributed by atoms with E-state index < -0.39 is 6.10 Å². The van der Waals surface area contributed by atoms with Crippen LogP contribution in [-0.2, 0) is 11.3 Å². The summed E-state index contributed by atoms with van der Waals surface area (Å²) in [5.41, 5.74) is 1.09. The molecule has 0 aliphatic carbocycles. The molecule has 0 spiro atoms. The molecule has 1 N–H and O–H groups in total. The minimum atomic E-state index is -0.448. The third-order valence-corrected chi connectivity index (χ3v) is 5.20. The van der Waals surface area contributed by atoms with Crippen molar-refractivity contribution >= 4 is 5.91 Å². The minimum absolute atomic E-state index is 0.0706. The van der Waals surface area contributed by atoms with Gasteiger partial charge >= 0.3 is 0 Å². The number of rotatable bonds is 5. The molecular formula is C18H29N5O2. The van der Waals surface area contributed by atoms with Crippen molar-refractivity contribution in [2.24, 2.45) is 0 Å². The molecule has 2 atom stereocenters. The molecule has 3 heterocycles. The molecule has 138 valence electrons. The summed E-state index contributed by atoms with van der Waals surface area (Å²) in [6.07, 6.45) is 3.12. The van der Waals surface area contributed by atoms with E-state index in [2.05, 4.69) is 21.8 Å². The van der Waals surface area contributed by atoms with Crippen molar-refractivity contribution in [2.75, 3.05) is 59.9 Å². The second-order valence-corrected chi connectivity index (χ2v) is 7.31. The lowest BCUT2D eigenvalue weighted by Gasteiger charge is -2.37. The standard InChI is InChI=1S/C18H29N5O2/c1-20-6-8-22(9-7-20)16-12-23(13-17(16)24)18(25)14-21(2)11-15-4-3-5-19-10-15/h3-5,10,16-17,24H,6-9,11-14H2,1-2H3/t16-,17-/m1/s1. The first-order valence-electron chi connectivity index (χ1n) is 8.99. The summed E-state index contributed by atoms with van der Waals surface area (Å²) < 4.78 is 0. The van der Waals surface area contributed by atoms with Crippen LogP contribution < -0.4 is 0 Å². The molecule has 0 aromatic carbocycles. The largest absolute Gasteiger partial charge is 0.390 e. The topological polar surface area (TPSA) is 63.2 Å². The number of carbonyl (C=O) groups excluding carboxylic acids is 1. The minimum Gasteiger partial charge on any atom is -0.390 e. The van der Waals surface area contributed by atoms with E-state index in [4.69, 9.17) is 0 Å². The predicted octanol–water partition coefficient (Wildman–Crippen LogP) is -0.667. The van der Waals surface area contributed by atoms with E-state index in [1.165, 1.54) is 0 Å². The van der Waals surface area contributed by atoms with E-state index in [1.54, 1.807) is 6.20 Å². The molecule has 1 amide bonds. The molecule has 7 heteroatoms. The number of likely N-dealkylation sites (tertiary alicyclic amines) is 1. The lowest BCUT2D eigenvalue weighted by molar-refractivity contribution is -0.131. The fourth-order valence-corrected chi connectivity index (χ4v) is 3.68. The van der Waals surface area contributed by atoms with Crippen LogP contribution in [0.4, 0.5) is 0 Å². The first-order valence-corrected chi connectivity index (χ1v) is 8.99. The summed E-state index contributed by atoms with van der Waals surface area (Å²) in [6, 6.07) is 3.99. The Kier molecular flexibility index (Phi) is 6.01. The molecule has 1 aromatic rings. The molecule has 7 nitrogen and oxygen atoms in total. The highest BCUT2D eigenvalue weighted by Crippen LogP contribution is 2.18. The first-order chi connectivity index (χ1) is 12.0. The monoisotopic (exact) mass is 347 g/mol. The second kappa shape index (κ2) is 8.23. The Hall–Kier alpha value is -1.54. The average Bonchev–Trinajstić information content (AvgIpc) is 2.98. The van der Waals surface area contributed by atoms with Crippen molar-refractivity contribution in [2.45, 2.75) is 18.7 Å². The average molecular weight is 347 g/mol. The third kappa shape index (κ3) is 4.76. The van der Waals surface area contributed by atoms with Crippen LogP contribution >= 0.6 is 0 Å². The van der Waals surface area contributed by atoms with Crippen LogP contribution in [0.5, 0.6) is 0 Å². The summed E-state index contributed by atoms with van der Waals surface area (Å²) in [4.78, 5) is 25.1. The van der Waals surface area contributed by atoms with Gasteiger partial charge in [-0.05, 0) is 25.7 Å². The Labute approximate surface area is 149 Å². The second-order valence-electron chi connectivity index (χ2n) is 7.31. The number of aliphatic hydroxyl groups excluding tert-OH is 1. The third-order valence-electron chi connectivity index (χ3n) is 5.20. The molecular weight excluding hydrogens is 318 g/mol. The van der Waals surface area contributed by atoms with Crippen molar-refractivity contribution in [3.05, 3.63) is 30.1 Å². The van der Waals surface area contributed by atoms with Crippen LogP contribution in [0.2, 0.25) is 0 Å². The Morgan fingerprint density at radius 3 is 2.76 bits per heavy atom. The van der Waals surface area contributed by atoms with E-state index >= 15 is 0 Å². The van der Waals surface area contributed by atoms with Gasteiger partial charge in [-0.3, -0.25) is 19.6 Å². The SMILES string of the molecule is CN1CCN([C@@H]2CN(C(=O)CN(C)Cc3cccnc3)C[C@H]2O)CC1. The van der Waals surface area contributed by atoms with Gasteiger partial charge in [0.1, 0.15) is 0 Å². The predicted molar refractivity (Wildman–Crippen MR) is 96.0 cm³/mol. The molecule has 2 saturated heterocycles. The van der Waals surface area contributed by atoms with Gasteiger partial charge in [-0.1, -0.05) is 6.07 Å². The number of likely N-dealkylation sites (N-methyl/N-ethyl adjacent to an activating group) is 2. The molecule has 2 fully saturated rings. The zero-order valence-corrected chi connectivity index (χ0v) is 15.2. The van der Waals surface area contributed by atoms with Gasteiger partial charge in [0.05, 0.1) is 18.7 Å². The van der Waals surface area contributed by atoms with E-state index in [-0.39, 0.29) is 11.9 Å². The van der Waals surface area contributed by atoms with Crippen LogP contribution in [-0.4, -0.2) is 108 Å². The number of nitrogens with zero attached hydrogens (tertiary/aromatic N) is 5. The van der Waals surface area contributed by atoms with Gasteiger partial charge in [0.2, 0.25) is 5.91 Å². The van der Waals surface area contributed by atoms with Crippen LogP contribution in [0.3, 0.4) is 0 Å². The molecule has 0 radical (unpaired) electrons. The summed E-state index contributed by atoms with van der Waals surface area (Å²) in [5.74, 6) is 0.0852. The number of hydrogen-bond acceptors (Lipinski definition) is 6. The van der Waals surface area contributed by atoms with E-state index in [0.29, 0.717) is 26.2 Å². The van der Waals surface area contributed by atoms with Gasteiger partial charge in [0, 0.05) is 58.2 Å². The Balaban J connectivity index is 1.49. The van der Waals surface area contributed by atoms with Gasteiger partial charge in [0.15, 0.2) is 0 Å². The Morgan fingerprint density at radius 1 is 1.32 bits per heavy atom. The number of amides is 1. The number of hydrogen-bond donors (Lipinski definition) is 1. The zero-order valence-electron chi connectivity index (χ0n) is 15.2. The molecule has 2 aliphatic rings. The van der Waals surface area contributed by atoms with Crippen LogP contribution in [0.25, 0.3) is 0 Å². The number of aliphatic hydroxyl groups is 1. The first kappa shape index (κ1) is 18.3. The van der Waals surface area contributed by atoms with Crippen LogP contribution in [0.15, 0.2) is 24.5 Å².